The molecule has 12 heavy (non-hydrogen) atoms. The molecular weight excluding hydrogens is 154 g/mol. The summed E-state index contributed by atoms with van der Waals surface area (Å²) in [6.07, 6.45) is 4.42. The van der Waals surface area contributed by atoms with Gasteiger partial charge in [-0.05, 0) is 0 Å². The number of oxazole rings is 1. The van der Waals surface area contributed by atoms with Crippen LogP contribution in [0.25, 0.3) is 5.82 Å². The molecule has 1 aliphatic heterocycles. The largest absolute Gasteiger partial charge is 0.443 e. The summed E-state index contributed by atoms with van der Waals surface area (Å²) in [5, 5.41) is 0. The summed E-state index contributed by atoms with van der Waals surface area (Å²) >= 11 is 0. The first-order valence-corrected chi connectivity index (χ1v) is 3.82. The van der Waals surface area contributed by atoms with Crippen molar-refractivity contribution in [3.05, 3.63) is 29.9 Å². The smallest absolute Gasteiger partial charge is 0.193 e. The van der Waals surface area contributed by atoms with Crippen molar-refractivity contribution in [2.24, 2.45) is 0 Å². The molecule has 2 aromatic heterocycles. The summed E-state index contributed by atoms with van der Waals surface area (Å²) in [6, 6.07) is 0. The molecule has 60 valence electrons. The summed E-state index contributed by atoms with van der Waals surface area (Å²) in [6.45, 7) is 1.86. The maximum atomic E-state index is 5.41. The van der Waals surface area contributed by atoms with E-state index in [0.29, 0.717) is 0 Å². The van der Waals surface area contributed by atoms with Gasteiger partial charge in [-0.2, -0.15) is 4.98 Å². The number of fused-ring (bicyclic) bond motifs is 3. The molecule has 0 saturated carbocycles. The highest BCUT2D eigenvalue weighted by Crippen LogP contribution is 2.26. The van der Waals surface area contributed by atoms with E-state index < -0.39 is 0 Å². The van der Waals surface area contributed by atoms with Crippen LogP contribution in [0.2, 0.25) is 0 Å². The molecule has 4 nitrogen and oxygen atoms in total. The molecular formula is C8H7N3O. The predicted molar refractivity (Wildman–Crippen MR) is 41.2 cm³/mol. The van der Waals surface area contributed by atoms with Crippen molar-refractivity contribution in [2.75, 3.05) is 0 Å². The predicted octanol–water partition coefficient (Wildman–Crippen LogP) is 1.07. The van der Waals surface area contributed by atoms with Crippen molar-refractivity contribution in [3.63, 3.8) is 0 Å². The molecule has 0 unspecified atom stereocenters. The second kappa shape index (κ2) is 1.77. The van der Waals surface area contributed by atoms with Crippen molar-refractivity contribution in [3.8, 4) is 5.82 Å². The molecule has 0 spiro atoms. The van der Waals surface area contributed by atoms with Crippen molar-refractivity contribution in [1.29, 1.82) is 0 Å². The van der Waals surface area contributed by atoms with Gasteiger partial charge < -0.3 is 4.42 Å². The van der Waals surface area contributed by atoms with Gasteiger partial charge in [-0.15, -0.1) is 0 Å². The van der Waals surface area contributed by atoms with E-state index in [1.165, 1.54) is 0 Å². The number of imidazole rings is 1. The van der Waals surface area contributed by atoms with E-state index in [1.54, 1.807) is 6.33 Å². The fourth-order valence-corrected chi connectivity index (χ4v) is 1.57. The summed E-state index contributed by atoms with van der Waals surface area (Å²) in [4.78, 5) is 8.29. The topological polar surface area (TPSA) is 43.9 Å². The Hall–Kier alpha value is -1.58. The Morgan fingerprint density at radius 3 is 3.42 bits per heavy atom. The first-order chi connectivity index (χ1) is 5.84. The molecule has 0 fully saturated rings. The van der Waals surface area contributed by atoms with Crippen LogP contribution in [0.3, 0.4) is 0 Å². The molecule has 1 aliphatic rings. The number of nitrogens with zero attached hydrogens (tertiary/aromatic N) is 3. The zero-order valence-corrected chi connectivity index (χ0v) is 6.61. The monoisotopic (exact) mass is 161 g/mol. The average Bonchev–Trinajstić information content (AvgIpc) is 2.59. The van der Waals surface area contributed by atoms with Gasteiger partial charge in [0.1, 0.15) is 6.33 Å². The number of aryl methyl sites for hydroxylation is 1. The van der Waals surface area contributed by atoms with Gasteiger partial charge in [-0.1, -0.05) is 0 Å². The van der Waals surface area contributed by atoms with Crippen LogP contribution in [0, 0.1) is 6.92 Å². The molecule has 0 N–H and O–H groups in total. The van der Waals surface area contributed by atoms with Crippen LogP contribution in [-0.2, 0) is 6.42 Å². The molecule has 3 rings (SSSR count). The normalized spacial score (nSPS) is 13.1. The minimum atomic E-state index is 0.722. The molecule has 0 saturated heterocycles. The quantitative estimate of drug-likeness (QED) is 0.495. The zero-order chi connectivity index (χ0) is 8.13. The van der Waals surface area contributed by atoms with Gasteiger partial charge in [0.05, 0.1) is 12.1 Å². The molecule has 3 heterocycles. The average molecular weight is 161 g/mol. The lowest BCUT2D eigenvalue weighted by molar-refractivity contribution is 0.486. The Kier molecular flexibility index (Phi) is 0.885. The number of aromatic nitrogens is 3. The van der Waals surface area contributed by atoms with Crippen LogP contribution in [-0.4, -0.2) is 14.5 Å². The van der Waals surface area contributed by atoms with Crippen LogP contribution < -0.4 is 0 Å². The van der Waals surface area contributed by atoms with Crippen LogP contribution in [0.1, 0.15) is 17.3 Å². The highest BCUT2D eigenvalue weighted by molar-refractivity contribution is 5.38. The molecule has 0 atom stereocenters. The van der Waals surface area contributed by atoms with Crippen molar-refractivity contribution in [1.82, 2.24) is 14.5 Å². The van der Waals surface area contributed by atoms with Gasteiger partial charge in [-0.3, -0.25) is 4.57 Å². The van der Waals surface area contributed by atoms with Crippen molar-refractivity contribution in [2.45, 2.75) is 13.3 Å². The van der Waals surface area contributed by atoms with E-state index in [4.69, 9.17) is 4.42 Å². The van der Waals surface area contributed by atoms with Gasteiger partial charge in [-0.25, -0.2) is 4.98 Å². The maximum absolute atomic E-state index is 5.41. The van der Waals surface area contributed by atoms with E-state index >= 15 is 0 Å². The lowest BCUT2D eigenvalue weighted by Gasteiger charge is -1.90. The van der Waals surface area contributed by atoms with Crippen LogP contribution in [0.5, 0.6) is 0 Å². The lowest BCUT2D eigenvalue weighted by atomic mass is 10.3. The SMILES string of the molecule is Cc1nc2c(o1)Cc1cncn1-2. The third-order valence-corrected chi connectivity index (χ3v) is 2.07. The van der Waals surface area contributed by atoms with Gasteiger partial charge >= 0.3 is 0 Å². The second-order valence-electron chi connectivity index (χ2n) is 2.91. The second-order valence-corrected chi connectivity index (χ2v) is 2.91. The standard InChI is InChI=1S/C8H7N3O/c1-5-10-8-7(12-5)2-6-3-9-4-11(6)8/h3-4H,2H2,1H3. The Labute approximate surface area is 68.9 Å². The van der Waals surface area contributed by atoms with Crippen molar-refractivity contribution < 1.29 is 4.42 Å². The molecule has 0 amide bonds. The fourth-order valence-electron chi connectivity index (χ4n) is 1.57. The van der Waals surface area contributed by atoms with Gasteiger partial charge in [0.25, 0.3) is 0 Å². The van der Waals surface area contributed by atoms with E-state index in [0.717, 1.165) is 29.6 Å². The van der Waals surface area contributed by atoms with Gasteiger partial charge in [0.2, 0.25) is 0 Å². The summed E-state index contributed by atoms with van der Waals surface area (Å²) in [5.74, 6) is 2.57. The fraction of sp³-hybridized carbons (Fsp3) is 0.250. The summed E-state index contributed by atoms with van der Waals surface area (Å²) < 4.78 is 7.37. The molecule has 2 aromatic rings. The van der Waals surface area contributed by atoms with Crippen molar-refractivity contribution >= 4 is 0 Å². The number of rotatable bonds is 0. The molecule has 0 aliphatic carbocycles. The third kappa shape index (κ3) is 0.574. The minimum absolute atomic E-state index is 0.722. The summed E-state index contributed by atoms with van der Waals surface area (Å²) in [5.41, 5.74) is 1.15. The first-order valence-electron chi connectivity index (χ1n) is 3.82. The lowest BCUT2D eigenvalue weighted by Crippen LogP contribution is -1.90. The zero-order valence-electron chi connectivity index (χ0n) is 6.61. The van der Waals surface area contributed by atoms with Crippen LogP contribution >= 0.6 is 0 Å². The summed E-state index contributed by atoms with van der Waals surface area (Å²) in [7, 11) is 0. The Morgan fingerprint density at radius 2 is 2.50 bits per heavy atom. The molecule has 0 radical (unpaired) electrons. The molecule has 0 bridgehead atoms. The van der Waals surface area contributed by atoms with E-state index in [9.17, 15) is 0 Å². The Balaban J connectivity index is 2.32. The number of hydrogen-bond donors (Lipinski definition) is 0. The Morgan fingerprint density at radius 1 is 1.58 bits per heavy atom. The van der Waals surface area contributed by atoms with Crippen LogP contribution in [0.15, 0.2) is 16.9 Å². The first kappa shape index (κ1) is 5.99. The van der Waals surface area contributed by atoms with Gasteiger partial charge in [0, 0.05) is 13.1 Å². The highest BCUT2D eigenvalue weighted by Gasteiger charge is 2.23. The van der Waals surface area contributed by atoms with Crippen LogP contribution in [0.4, 0.5) is 0 Å². The Bertz CT molecular complexity index is 441. The molecule has 4 heteroatoms. The van der Waals surface area contributed by atoms with E-state index in [-0.39, 0.29) is 0 Å². The van der Waals surface area contributed by atoms with E-state index in [1.807, 2.05) is 17.7 Å². The third-order valence-electron chi connectivity index (χ3n) is 2.07. The maximum Gasteiger partial charge on any atom is 0.193 e. The molecule has 0 aromatic carbocycles. The van der Waals surface area contributed by atoms with Gasteiger partial charge in [0.15, 0.2) is 17.5 Å². The number of hydrogen-bond acceptors (Lipinski definition) is 3. The van der Waals surface area contributed by atoms with E-state index in [2.05, 4.69) is 9.97 Å². The highest BCUT2D eigenvalue weighted by atomic mass is 16.4. The minimum Gasteiger partial charge on any atom is -0.443 e.